The Morgan fingerprint density at radius 2 is 0.911 bits per heavy atom. The zero-order valence-electron chi connectivity index (χ0n) is 44.0. The van der Waals surface area contributed by atoms with E-state index in [-0.39, 0.29) is 11.8 Å². The molecule has 1 spiro atoms. The van der Waals surface area contributed by atoms with Gasteiger partial charge in [0, 0.05) is 0 Å². The van der Waals surface area contributed by atoms with E-state index in [0.717, 1.165) is 0 Å². The summed E-state index contributed by atoms with van der Waals surface area (Å²) in [4.78, 5) is 14.9. The van der Waals surface area contributed by atoms with Crippen molar-refractivity contribution in [1.29, 1.82) is 0 Å². The Morgan fingerprint density at radius 1 is 0.481 bits per heavy atom. The monoisotopic (exact) mass is 1140 g/mol. The maximum Gasteiger partial charge on any atom is 0.314 e. The minimum absolute atomic E-state index is 0.0531. The number of carbonyl (C=O) groups excluding carboxylic acids is 1. The first kappa shape index (κ1) is 61.7. The molecule has 79 heavy (non-hydrogen) atoms. The van der Waals surface area contributed by atoms with Crippen LogP contribution in [0.2, 0.25) is 0 Å². The predicted molar refractivity (Wildman–Crippen MR) is 256 cm³/mol. The van der Waals surface area contributed by atoms with Gasteiger partial charge in [-0.3, -0.25) is 4.79 Å². The van der Waals surface area contributed by atoms with Gasteiger partial charge in [-0.05, 0) is 93.0 Å². The Bertz CT molecular complexity index is 2090. The van der Waals surface area contributed by atoms with Crippen molar-refractivity contribution in [1.82, 2.24) is 0 Å². The van der Waals surface area contributed by atoms with Crippen molar-refractivity contribution in [2.45, 2.75) is 237 Å². The van der Waals surface area contributed by atoms with Crippen LogP contribution in [0.15, 0.2) is 12.2 Å². The molecule has 28 nitrogen and oxygen atoms in total. The van der Waals surface area contributed by atoms with Gasteiger partial charge >= 0.3 is 5.97 Å². The topological polar surface area (TPSA) is 453 Å². The summed E-state index contributed by atoms with van der Waals surface area (Å²) in [7, 11) is 0. The standard InChI is InChI=1S/C51H82O28/c1-19-5-10-50-11-6-25-48(2,8-4-9-49(25,3)47(69)78-45-40(35(65)30(60)23(16-55)73-45)76-43-37(67)33(63)28(58)21(14-53)71-43)26(50)7-12-51(19,18-50)79-46-41(77-44-38(68)34(64)29(59)22(15-54)72-44)39(31(61)24(17-56)74-46)75-42-36(66)32(62)27(57)20(13-52)70-42/h20-46,52-68H,1,4-18H2,2-3H3/t20?,21?,22?,23?,24?,25-,26-,27?,28?,29?,30?,31?,32?,33?,34?,35?,36?,37?,38?,39?,40?,41?,42?,43?,44?,45?,46?,48+,49+,50-,51-/m0/s1. The molecule has 9 fully saturated rings. The van der Waals surface area contributed by atoms with E-state index < -0.39 is 214 Å². The molecule has 0 aromatic carbocycles. The molecule has 454 valence electrons. The van der Waals surface area contributed by atoms with E-state index in [2.05, 4.69) is 13.5 Å². The first-order chi connectivity index (χ1) is 37.4. The summed E-state index contributed by atoms with van der Waals surface area (Å²) in [6.45, 7) is 4.30. The molecule has 0 aromatic rings. The maximum atomic E-state index is 14.9. The van der Waals surface area contributed by atoms with E-state index in [4.69, 9.17) is 47.4 Å². The third-order valence-electron chi connectivity index (χ3n) is 19.6. The van der Waals surface area contributed by atoms with Crippen LogP contribution in [-0.4, -0.2) is 285 Å². The van der Waals surface area contributed by atoms with Crippen molar-refractivity contribution >= 4 is 5.97 Å². The van der Waals surface area contributed by atoms with E-state index in [9.17, 15) is 91.6 Å². The van der Waals surface area contributed by atoms with Crippen LogP contribution < -0.4 is 0 Å². The Hall–Kier alpha value is -1.83. The van der Waals surface area contributed by atoms with Gasteiger partial charge in [-0.15, -0.1) is 0 Å². The molecule has 4 aliphatic carbocycles. The van der Waals surface area contributed by atoms with Crippen molar-refractivity contribution in [3.05, 3.63) is 12.2 Å². The molecule has 9 rings (SSSR count). The average Bonchev–Trinajstić information content (AvgIpc) is 3.43. The van der Waals surface area contributed by atoms with Crippen molar-refractivity contribution in [3.63, 3.8) is 0 Å². The van der Waals surface area contributed by atoms with Crippen molar-refractivity contribution in [2.75, 3.05) is 33.0 Å². The highest BCUT2D eigenvalue weighted by Gasteiger charge is 2.68. The van der Waals surface area contributed by atoms with E-state index in [1.54, 1.807) is 6.92 Å². The Morgan fingerprint density at radius 3 is 1.42 bits per heavy atom. The van der Waals surface area contributed by atoms with Crippen LogP contribution in [0.4, 0.5) is 0 Å². The van der Waals surface area contributed by atoms with Gasteiger partial charge in [0.2, 0.25) is 6.29 Å². The van der Waals surface area contributed by atoms with Gasteiger partial charge in [-0.25, -0.2) is 0 Å². The molecule has 4 saturated carbocycles. The molecule has 5 heterocycles. The quantitative estimate of drug-likeness (QED) is 0.0412. The fourth-order valence-corrected chi connectivity index (χ4v) is 15.1. The molecule has 5 aliphatic heterocycles. The minimum atomic E-state index is -1.99. The van der Waals surface area contributed by atoms with Crippen LogP contribution in [0.1, 0.15) is 78.1 Å². The number of ether oxygens (including phenoxy) is 10. The molecule has 2 bridgehead atoms. The summed E-state index contributed by atoms with van der Waals surface area (Å²) in [6.07, 6.45) is -39.2. The number of fused-ring (bicyclic) bond motifs is 3. The third-order valence-corrected chi connectivity index (χ3v) is 19.6. The van der Waals surface area contributed by atoms with Crippen molar-refractivity contribution in [2.24, 2.45) is 28.1 Å². The first-order valence-electron chi connectivity index (χ1n) is 27.4. The van der Waals surface area contributed by atoms with E-state index in [1.165, 1.54) is 0 Å². The Kier molecular flexibility index (Phi) is 18.7. The highest BCUT2D eigenvalue weighted by atomic mass is 16.8. The minimum Gasteiger partial charge on any atom is -0.432 e. The second kappa shape index (κ2) is 23.9. The average molecular weight is 1140 g/mol. The van der Waals surface area contributed by atoms with Crippen LogP contribution in [-0.2, 0) is 52.2 Å². The lowest BCUT2D eigenvalue weighted by Crippen LogP contribution is -2.69. The van der Waals surface area contributed by atoms with E-state index >= 15 is 0 Å². The molecule has 5 saturated heterocycles. The highest BCUT2D eigenvalue weighted by molar-refractivity contribution is 5.77. The number of carbonyl (C=O) groups is 1. The first-order valence-corrected chi connectivity index (χ1v) is 27.4. The van der Waals surface area contributed by atoms with Gasteiger partial charge in [0.1, 0.15) is 116 Å². The summed E-state index contributed by atoms with van der Waals surface area (Å²) in [5.74, 6) is -1.11. The molecule has 31 atom stereocenters. The molecule has 25 unspecified atom stereocenters. The normalized spacial score (nSPS) is 54.1. The van der Waals surface area contributed by atoms with Crippen molar-refractivity contribution < 1.29 is 139 Å². The molecular weight excluding hydrogens is 1060 g/mol. The van der Waals surface area contributed by atoms with Gasteiger partial charge in [0.15, 0.2) is 31.3 Å². The van der Waals surface area contributed by atoms with Crippen LogP contribution >= 0.6 is 0 Å². The largest absolute Gasteiger partial charge is 0.432 e. The number of aliphatic hydroxyl groups is 17. The maximum absolute atomic E-state index is 14.9. The molecular formula is C51H82O28. The zero-order chi connectivity index (χ0) is 57.4. The summed E-state index contributed by atoms with van der Waals surface area (Å²) in [5.41, 5.74) is -2.77. The van der Waals surface area contributed by atoms with Crippen LogP contribution in [0, 0.1) is 28.1 Å². The fraction of sp³-hybridized carbons (Fsp3) is 0.941. The number of rotatable bonds is 15. The Balaban J connectivity index is 0.979. The number of hydrogen-bond donors (Lipinski definition) is 17. The van der Waals surface area contributed by atoms with Gasteiger partial charge < -0.3 is 134 Å². The predicted octanol–water partition coefficient (Wildman–Crippen LogP) is -6.90. The summed E-state index contributed by atoms with van der Waals surface area (Å²) >= 11 is 0. The zero-order valence-corrected chi connectivity index (χ0v) is 44.0. The SMILES string of the molecule is C=C1CC[C@@]23CC[C@H]4[C@@](C)(CCC[C@@]4(C)C(=O)OC4OC(CO)C(O)C(O)C4OC4OC(CO)C(O)C(O)C4O)[C@@H]2CC[C@]1(OC1OC(CO)C(O)C(OC2OC(CO)C(O)C(O)C2O)C1OC1OC(CO)C(O)C(O)C1O)C3. The van der Waals surface area contributed by atoms with Gasteiger partial charge in [0.05, 0.1) is 44.1 Å². The lowest BCUT2D eigenvalue weighted by molar-refractivity contribution is -0.402. The number of hydrogen-bond acceptors (Lipinski definition) is 28. The molecule has 0 aromatic heterocycles. The van der Waals surface area contributed by atoms with E-state index in [1.807, 2.05) is 0 Å². The van der Waals surface area contributed by atoms with Gasteiger partial charge in [0.25, 0.3) is 0 Å². The summed E-state index contributed by atoms with van der Waals surface area (Å²) < 4.78 is 60.6. The van der Waals surface area contributed by atoms with Crippen molar-refractivity contribution in [3.8, 4) is 0 Å². The lowest BCUT2D eigenvalue weighted by Gasteiger charge is -2.68. The molecule has 0 amide bonds. The molecule has 17 N–H and O–H groups in total. The van der Waals surface area contributed by atoms with Crippen LogP contribution in [0.25, 0.3) is 0 Å². The summed E-state index contributed by atoms with van der Waals surface area (Å²) in [5, 5.41) is 181. The van der Waals surface area contributed by atoms with Crippen LogP contribution in [0.5, 0.6) is 0 Å². The Labute approximate surface area is 454 Å². The van der Waals surface area contributed by atoms with Gasteiger partial charge in [-0.2, -0.15) is 0 Å². The molecule has 9 aliphatic rings. The van der Waals surface area contributed by atoms with Gasteiger partial charge in [-0.1, -0.05) is 19.9 Å². The summed E-state index contributed by atoms with van der Waals surface area (Å²) in [6, 6.07) is 0. The third kappa shape index (κ3) is 10.8. The second-order valence-corrected chi connectivity index (χ2v) is 23.9. The smallest absolute Gasteiger partial charge is 0.314 e. The van der Waals surface area contributed by atoms with Crippen LogP contribution in [0.3, 0.4) is 0 Å². The molecule has 0 radical (unpaired) electrons. The number of aliphatic hydroxyl groups excluding tert-OH is 17. The second-order valence-electron chi connectivity index (χ2n) is 23.9. The van der Waals surface area contributed by atoms with E-state index in [0.29, 0.717) is 69.8 Å². The fourth-order valence-electron chi connectivity index (χ4n) is 15.1. The molecule has 28 heteroatoms. The highest BCUT2D eigenvalue weighted by Crippen LogP contribution is 2.72. The number of esters is 1. The lowest BCUT2D eigenvalue weighted by atomic mass is 9.37.